The van der Waals surface area contributed by atoms with Crippen LogP contribution in [0.5, 0.6) is 0 Å². The number of hydrogen-bond donors (Lipinski definition) is 0. The van der Waals surface area contributed by atoms with Crippen LogP contribution in [0.15, 0.2) is 58.0 Å². The third kappa shape index (κ3) is 2.51. The maximum Gasteiger partial charge on any atom is 0.230 e. The Hall–Kier alpha value is -1.94. The lowest BCUT2D eigenvalue weighted by Gasteiger charge is -2.01. The molecule has 1 heterocycles. The van der Waals surface area contributed by atoms with Crippen LogP contribution < -0.4 is 0 Å². The van der Waals surface area contributed by atoms with Crippen molar-refractivity contribution in [2.24, 2.45) is 4.99 Å². The Morgan fingerprint density at radius 2 is 1.90 bits per heavy atom. The Bertz CT molecular complexity index is 757. The minimum Gasteiger partial charge on any atom is -0.309 e. The zero-order chi connectivity index (χ0) is 13.9. The molecule has 0 atom stereocenters. The van der Waals surface area contributed by atoms with Crippen molar-refractivity contribution >= 4 is 39.1 Å². The highest BCUT2D eigenvalue weighted by Crippen LogP contribution is 2.21. The third-order valence-corrected chi connectivity index (χ3v) is 3.68. The van der Waals surface area contributed by atoms with Gasteiger partial charge in [0.1, 0.15) is 0 Å². The van der Waals surface area contributed by atoms with E-state index in [1.54, 1.807) is 0 Å². The van der Waals surface area contributed by atoms with E-state index in [-0.39, 0.29) is 0 Å². The van der Waals surface area contributed by atoms with Crippen LogP contribution in [0.3, 0.4) is 0 Å². The second-order valence-electron chi connectivity index (χ2n) is 4.45. The van der Waals surface area contributed by atoms with E-state index in [0.29, 0.717) is 0 Å². The van der Waals surface area contributed by atoms with Gasteiger partial charge in [-0.3, -0.25) is 0 Å². The minimum absolute atomic E-state index is 0.747. The summed E-state index contributed by atoms with van der Waals surface area (Å²) in [4.78, 5) is 9.10. The molecule has 0 fully saturated rings. The number of rotatable bonds is 3. The average Bonchev–Trinajstić information content (AvgIpc) is 2.84. The smallest absolute Gasteiger partial charge is 0.230 e. The zero-order valence-electron chi connectivity index (χ0n) is 11.1. The van der Waals surface area contributed by atoms with E-state index in [4.69, 9.17) is 0 Å². The minimum atomic E-state index is 0.747. The lowest BCUT2D eigenvalue weighted by Crippen LogP contribution is -1.93. The molecule has 0 unspecified atom stereocenters. The van der Waals surface area contributed by atoms with Gasteiger partial charge in [-0.05, 0) is 36.8 Å². The van der Waals surface area contributed by atoms with E-state index < -0.39 is 0 Å². The van der Waals surface area contributed by atoms with Crippen LogP contribution >= 0.6 is 15.9 Å². The molecule has 0 saturated heterocycles. The molecule has 3 rings (SSSR count). The molecule has 0 spiro atoms. The van der Waals surface area contributed by atoms with Crippen molar-refractivity contribution in [3.63, 3.8) is 0 Å². The number of nitrogens with zero attached hydrogens (tertiary/aromatic N) is 3. The summed E-state index contributed by atoms with van der Waals surface area (Å²) in [6.45, 7) is 2.96. The molecule has 3 nitrogen and oxygen atoms in total. The first-order valence-corrected chi connectivity index (χ1v) is 7.32. The summed E-state index contributed by atoms with van der Waals surface area (Å²) in [5.74, 6) is 0.747. The molecule has 0 radical (unpaired) electrons. The summed E-state index contributed by atoms with van der Waals surface area (Å²) in [6, 6.07) is 16.2. The van der Waals surface area contributed by atoms with Crippen LogP contribution in [-0.4, -0.2) is 15.8 Å². The lowest BCUT2D eigenvalue weighted by atomic mass is 10.2. The number of benzene rings is 2. The van der Waals surface area contributed by atoms with Gasteiger partial charge in [-0.15, -0.1) is 0 Å². The Balaban J connectivity index is 1.99. The van der Waals surface area contributed by atoms with Gasteiger partial charge in [0.2, 0.25) is 5.95 Å². The van der Waals surface area contributed by atoms with E-state index in [1.165, 1.54) is 0 Å². The average molecular weight is 328 g/mol. The van der Waals surface area contributed by atoms with E-state index >= 15 is 0 Å². The van der Waals surface area contributed by atoms with Gasteiger partial charge >= 0.3 is 0 Å². The summed E-state index contributed by atoms with van der Waals surface area (Å²) in [7, 11) is 0. The summed E-state index contributed by atoms with van der Waals surface area (Å²) < 4.78 is 3.18. The SMILES string of the molecule is CCn1c(/N=C/c2ccc(Br)cc2)nc2ccccc21. The topological polar surface area (TPSA) is 30.2 Å². The molecular formula is C16H14BrN3. The molecule has 4 heteroatoms. The highest BCUT2D eigenvalue weighted by molar-refractivity contribution is 9.10. The summed E-state index contributed by atoms with van der Waals surface area (Å²) in [6.07, 6.45) is 1.85. The number of imidazole rings is 1. The molecule has 0 aliphatic carbocycles. The van der Waals surface area contributed by atoms with Crippen LogP contribution in [0.25, 0.3) is 11.0 Å². The summed E-state index contributed by atoms with van der Waals surface area (Å²) in [5, 5.41) is 0. The van der Waals surface area contributed by atoms with Gasteiger partial charge in [-0.25, -0.2) is 9.98 Å². The second kappa shape index (κ2) is 5.59. The van der Waals surface area contributed by atoms with E-state index in [0.717, 1.165) is 33.6 Å². The molecule has 1 aromatic heterocycles. The van der Waals surface area contributed by atoms with Gasteiger partial charge in [0.15, 0.2) is 0 Å². The van der Waals surface area contributed by atoms with Crippen LogP contribution in [0.2, 0.25) is 0 Å². The normalized spacial score (nSPS) is 11.5. The van der Waals surface area contributed by atoms with Crippen molar-refractivity contribution in [1.29, 1.82) is 0 Å². The standard InChI is InChI=1S/C16H14BrN3/c1-2-20-15-6-4-3-5-14(15)19-16(20)18-11-12-7-9-13(17)10-8-12/h3-11H,2H2,1H3/b18-11+. The quantitative estimate of drug-likeness (QED) is 0.648. The van der Waals surface area contributed by atoms with E-state index in [1.807, 2.05) is 48.7 Å². The summed E-state index contributed by atoms with van der Waals surface area (Å²) >= 11 is 3.43. The molecule has 20 heavy (non-hydrogen) atoms. The predicted octanol–water partition coefficient (Wildman–Crippen LogP) is 4.57. The molecule has 0 bridgehead atoms. The van der Waals surface area contributed by atoms with Crippen molar-refractivity contribution in [1.82, 2.24) is 9.55 Å². The van der Waals surface area contributed by atoms with E-state index in [9.17, 15) is 0 Å². The Labute approximate surface area is 126 Å². The number of hydrogen-bond acceptors (Lipinski definition) is 2. The summed E-state index contributed by atoms with van der Waals surface area (Å²) in [5.41, 5.74) is 3.16. The fourth-order valence-corrected chi connectivity index (χ4v) is 2.42. The van der Waals surface area contributed by atoms with Crippen molar-refractivity contribution in [2.45, 2.75) is 13.5 Å². The lowest BCUT2D eigenvalue weighted by molar-refractivity contribution is 0.790. The van der Waals surface area contributed by atoms with Gasteiger partial charge in [-0.1, -0.05) is 40.2 Å². The third-order valence-electron chi connectivity index (χ3n) is 3.15. The van der Waals surface area contributed by atoms with Crippen molar-refractivity contribution in [3.05, 3.63) is 58.6 Å². The predicted molar refractivity (Wildman–Crippen MR) is 86.8 cm³/mol. The Morgan fingerprint density at radius 3 is 2.65 bits per heavy atom. The molecule has 0 saturated carbocycles. The van der Waals surface area contributed by atoms with Crippen LogP contribution in [0.4, 0.5) is 5.95 Å². The number of aliphatic imine (C=N–C) groups is 1. The first kappa shape index (κ1) is 13.1. The number of halogens is 1. The zero-order valence-corrected chi connectivity index (χ0v) is 12.7. The maximum atomic E-state index is 4.57. The van der Waals surface area contributed by atoms with Crippen LogP contribution in [0.1, 0.15) is 12.5 Å². The highest BCUT2D eigenvalue weighted by Gasteiger charge is 2.06. The molecule has 0 aliphatic heterocycles. The van der Waals surface area contributed by atoms with Gasteiger partial charge in [0.25, 0.3) is 0 Å². The molecule has 100 valence electrons. The Kier molecular flexibility index (Phi) is 3.65. The molecule has 0 N–H and O–H groups in total. The van der Waals surface area contributed by atoms with Crippen LogP contribution in [-0.2, 0) is 6.54 Å². The largest absolute Gasteiger partial charge is 0.309 e. The fraction of sp³-hybridized carbons (Fsp3) is 0.125. The molecular weight excluding hydrogens is 314 g/mol. The Morgan fingerprint density at radius 1 is 1.15 bits per heavy atom. The van der Waals surface area contributed by atoms with Gasteiger partial charge < -0.3 is 4.57 Å². The van der Waals surface area contributed by atoms with Crippen LogP contribution in [0, 0.1) is 0 Å². The second-order valence-corrected chi connectivity index (χ2v) is 5.37. The molecule has 3 aromatic rings. The maximum absolute atomic E-state index is 4.57. The van der Waals surface area contributed by atoms with Crippen molar-refractivity contribution in [3.8, 4) is 0 Å². The first-order valence-electron chi connectivity index (χ1n) is 6.53. The van der Waals surface area contributed by atoms with Gasteiger partial charge in [-0.2, -0.15) is 0 Å². The van der Waals surface area contributed by atoms with Gasteiger partial charge in [0, 0.05) is 17.2 Å². The molecule has 0 amide bonds. The monoisotopic (exact) mass is 327 g/mol. The number of aromatic nitrogens is 2. The van der Waals surface area contributed by atoms with Crippen molar-refractivity contribution in [2.75, 3.05) is 0 Å². The molecule has 2 aromatic carbocycles. The highest BCUT2D eigenvalue weighted by atomic mass is 79.9. The van der Waals surface area contributed by atoms with Crippen molar-refractivity contribution < 1.29 is 0 Å². The fourth-order valence-electron chi connectivity index (χ4n) is 2.15. The number of para-hydroxylation sites is 2. The molecule has 0 aliphatic rings. The number of aryl methyl sites for hydroxylation is 1. The number of fused-ring (bicyclic) bond motifs is 1. The van der Waals surface area contributed by atoms with Gasteiger partial charge in [0.05, 0.1) is 11.0 Å². The van der Waals surface area contributed by atoms with E-state index in [2.05, 4.69) is 43.5 Å². The first-order chi connectivity index (χ1) is 9.78.